The highest BCUT2D eigenvalue weighted by Crippen LogP contribution is 2.38. The van der Waals surface area contributed by atoms with Crippen LogP contribution in [0.1, 0.15) is 52.7 Å². The van der Waals surface area contributed by atoms with E-state index >= 15 is 0 Å². The maximum atomic E-state index is 13.8. The Morgan fingerprint density at radius 3 is 1.69 bits per heavy atom. The summed E-state index contributed by atoms with van der Waals surface area (Å²) in [5.41, 5.74) is 2.69. The minimum atomic E-state index is -0.378. The second-order valence-corrected chi connectivity index (χ2v) is 11.9. The monoisotopic (exact) mass is 442 g/mol. The molecule has 0 unspecified atom stereocenters. The Kier molecular flexibility index (Phi) is 4.52. The smallest absolute Gasteiger partial charge is 0.195 e. The number of hydrogen-bond acceptors (Lipinski definition) is 2. The summed E-state index contributed by atoms with van der Waals surface area (Å²) in [6, 6.07) is 17.6. The number of hydrogen-bond donors (Lipinski definition) is 0. The van der Waals surface area contributed by atoms with Crippen LogP contribution in [0, 0.1) is 5.82 Å². The molecule has 5 rings (SSSR count). The molecule has 0 saturated carbocycles. The van der Waals surface area contributed by atoms with Crippen LogP contribution in [0.5, 0.6) is 0 Å². The molecule has 0 aliphatic carbocycles. The summed E-state index contributed by atoms with van der Waals surface area (Å²) in [5.74, 6) is -0.378. The lowest BCUT2D eigenvalue weighted by Crippen LogP contribution is -2.21. The zero-order valence-corrected chi connectivity index (χ0v) is 20.2. The molecule has 5 aromatic rings. The minimum absolute atomic E-state index is 0.0298. The van der Waals surface area contributed by atoms with Crippen molar-refractivity contribution >= 4 is 53.1 Å². The van der Waals surface area contributed by atoms with Gasteiger partial charge in [-0.25, -0.2) is 4.39 Å². The van der Waals surface area contributed by atoms with Gasteiger partial charge in [0, 0.05) is 20.2 Å². The first-order chi connectivity index (χ1) is 14.9. The molecule has 162 valence electrons. The predicted molar refractivity (Wildman–Crippen MR) is 138 cm³/mol. The Bertz CT molecular complexity index is 1610. The maximum absolute atomic E-state index is 13.8. The third-order valence-electron chi connectivity index (χ3n) is 6.30. The van der Waals surface area contributed by atoms with Gasteiger partial charge in [0.1, 0.15) is 5.82 Å². The average molecular weight is 443 g/mol. The average Bonchev–Trinajstić information content (AvgIpc) is 2.69. The van der Waals surface area contributed by atoms with Gasteiger partial charge in [-0.05, 0) is 86.0 Å². The highest BCUT2D eigenvalue weighted by Gasteiger charge is 2.25. The van der Waals surface area contributed by atoms with Gasteiger partial charge in [-0.1, -0.05) is 53.7 Å². The summed E-state index contributed by atoms with van der Waals surface area (Å²) in [4.78, 5) is 13.1. The quantitative estimate of drug-likeness (QED) is 0.220. The van der Waals surface area contributed by atoms with Crippen LogP contribution in [-0.2, 0) is 10.8 Å². The number of benzene rings is 4. The molecule has 3 heteroatoms. The molecule has 0 aliphatic rings. The van der Waals surface area contributed by atoms with Crippen LogP contribution in [0.3, 0.4) is 0 Å². The molecule has 1 aromatic heterocycles. The summed E-state index contributed by atoms with van der Waals surface area (Å²) < 4.78 is 15.5. The van der Waals surface area contributed by atoms with Crippen molar-refractivity contribution in [3.05, 3.63) is 81.8 Å². The van der Waals surface area contributed by atoms with E-state index in [1.807, 2.05) is 6.07 Å². The molecule has 4 aromatic carbocycles. The molecule has 0 aliphatic heterocycles. The predicted octanol–water partition coefficient (Wildman–Crippen LogP) is 8.46. The van der Waals surface area contributed by atoms with Gasteiger partial charge in [0.05, 0.1) is 0 Å². The third-order valence-corrected chi connectivity index (χ3v) is 7.43. The first-order valence-corrected chi connectivity index (χ1v) is 11.8. The van der Waals surface area contributed by atoms with Gasteiger partial charge in [-0.3, -0.25) is 4.79 Å². The Morgan fingerprint density at radius 2 is 1.12 bits per heavy atom. The fraction of sp³-hybridized carbons (Fsp3) is 0.276. The zero-order chi connectivity index (χ0) is 23.0. The molecule has 0 atom stereocenters. The van der Waals surface area contributed by atoms with Crippen molar-refractivity contribution in [2.45, 2.75) is 52.4 Å². The van der Waals surface area contributed by atoms with E-state index in [2.05, 4.69) is 71.9 Å². The van der Waals surface area contributed by atoms with Crippen LogP contribution in [0.15, 0.2) is 59.4 Å². The van der Waals surface area contributed by atoms with Crippen LogP contribution in [0.25, 0.3) is 41.7 Å². The summed E-state index contributed by atoms with van der Waals surface area (Å²) in [5, 5.41) is 5.65. The highest BCUT2D eigenvalue weighted by atomic mass is 32.1. The first-order valence-electron chi connectivity index (χ1n) is 11.0. The molecule has 0 bridgehead atoms. The SMILES string of the molecule is CC(C)(C)c1cc2cc3cc4sc5ccc(F)cc5c(=O)c4cc3cc2cc1C(C)(C)C. The Balaban J connectivity index is 1.86. The van der Waals surface area contributed by atoms with Crippen LogP contribution < -0.4 is 5.43 Å². The van der Waals surface area contributed by atoms with Crippen molar-refractivity contribution in [3.63, 3.8) is 0 Å². The Labute approximate surface area is 191 Å². The van der Waals surface area contributed by atoms with Crippen molar-refractivity contribution in [1.82, 2.24) is 0 Å². The lowest BCUT2D eigenvalue weighted by Gasteiger charge is -2.30. The van der Waals surface area contributed by atoms with Gasteiger partial charge >= 0.3 is 0 Å². The van der Waals surface area contributed by atoms with Gasteiger partial charge in [-0.15, -0.1) is 11.3 Å². The minimum Gasteiger partial charge on any atom is -0.289 e. The molecule has 0 spiro atoms. The van der Waals surface area contributed by atoms with Crippen LogP contribution in [-0.4, -0.2) is 0 Å². The summed E-state index contributed by atoms with van der Waals surface area (Å²) in [7, 11) is 0. The molecule has 0 fully saturated rings. The number of halogens is 1. The van der Waals surface area contributed by atoms with E-state index in [4.69, 9.17) is 0 Å². The largest absolute Gasteiger partial charge is 0.289 e. The number of fused-ring (bicyclic) bond motifs is 4. The van der Waals surface area contributed by atoms with Gasteiger partial charge in [0.15, 0.2) is 5.43 Å². The van der Waals surface area contributed by atoms with Crippen molar-refractivity contribution in [1.29, 1.82) is 0 Å². The summed E-state index contributed by atoms with van der Waals surface area (Å²) >= 11 is 1.54. The third kappa shape index (κ3) is 3.40. The van der Waals surface area contributed by atoms with E-state index in [0.717, 1.165) is 20.2 Å². The van der Waals surface area contributed by atoms with E-state index in [-0.39, 0.29) is 22.1 Å². The second kappa shape index (κ2) is 6.86. The topological polar surface area (TPSA) is 17.1 Å². The lowest BCUT2D eigenvalue weighted by atomic mass is 9.74. The van der Waals surface area contributed by atoms with Gasteiger partial charge in [0.25, 0.3) is 0 Å². The first kappa shape index (κ1) is 21.1. The Morgan fingerprint density at radius 1 is 0.625 bits per heavy atom. The van der Waals surface area contributed by atoms with Crippen LogP contribution in [0.2, 0.25) is 0 Å². The fourth-order valence-electron chi connectivity index (χ4n) is 4.62. The van der Waals surface area contributed by atoms with Crippen LogP contribution in [0.4, 0.5) is 4.39 Å². The van der Waals surface area contributed by atoms with Gasteiger partial charge in [0.2, 0.25) is 0 Å². The Hall–Kier alpha value is -2.78. The maximum Gasteiger partial charge on any atom is 0.195 e. The second-order valence-electron chi connectivity index (χ2n) is 10.9. The molecule has 0 saturated heterocycles. The van der Waals surface area contributed by atoms with Crippen molar-refractivity contribution in [3.8, 4) is 0 Å². The van der Waals surface area contributed by atoms with Crippen molar-refractivity contribution in [2.24, 2.45) is 0 Å². The fourth-order valence-corrected chi connectivity index (χ4v) is 5.70. The number of rotatable bonds is 0. The van der Waals surface area contributed by atoms with Crippen molar-refractivity contribution in [2.75, 3.05) is 0 Å². The summed E-state index contributed by atoms with van der Waals surface area (Å²) in [6.07, 6.45) is 0. The van der Waals surface area contributed by atoms with Crippen LogP contribution >= 0.6 is 11.3 Å². The summed E-state index contributed by atoms with van der Waals surface area (Å²) in [6.45, 7) is 13.6. The molecule has 32 heavy (non-hydrogen) atoms. The van der Waals surface area contributed by atoms with Crippen molar-refractivity contribution < 1.29 is 4.39 Å². The van der Waals surface area contributed by atoms with E-state index in [0.29, 0.717) is 10.8 Å². The molecule has 0 radical (unpaired) electrons. The molecule has 0 amide bonds. The molecular formula is C29H27FOS. The standard InChI is InChI=1S/C29H27FOS/c1-28(2,3)23-12-17-9-16-11-21-26(32-25-8-7-20(30)15-22(25)27(21)31)14-19(16)10-18(17)13-24(23)29(4,5)6/h7-15H,1-6H3. The molecule has 0 N–H and O–H groups in total. The van der Waals surface area contributed by atoms with E-state index in [9.17, 15) is 9.18 Å². The van der Waals surface area contributed by atoms with Gasteiger partial charge < -0.3 is 0 Å². The zero-order valence-electron chi connectivity index (χ0n) is 19.4. The van der Waals surface area contributed by atoms with E-state index in [1.54, 1.807) is 17.4 Å². The highest BCUT2D eigenvalue weighted by molar-refractivity contribution is 7.24. The molecule has 1 nitrogen and oxygen atoms in total. The molecular weight excluding hydrogens is 415 g/mol. The van der Waals surface area contributed by atoms with Gasteiger partial charge in [-0.2, -0.15) is 0 Å². The normalized spacial score (nSPS) is 13.0. The molecule has 1 heterocycles. The van der Waals surface area contributed by atoms with E-state index in [1.165, 1.54) is 34.0 Å². The lowest BCUT2D eigenvalue weighted by molar-refractivity contribution is 0.531. The van der Waals surface area contributed by atoms with E-state index < -0.39 is 0 Å².